The van der Waals surface area contributed by atoms with E-state index in [9.17, 15) is 4.79 Å². The Hall–Kier alpha value is -0.220. The number of hydrogen-bond donors (Lipinski definition) is 2. The first-order chi connectivity index (χ1) is 6.84. The van der Waals surface area contributed by atoms with Crippen LogP contribution in [-0.4, -0.2) is 36.5 Å². The molecule has 2 fully saturated rings. The van der Waals surface area contributed by atoms with Crippen molar-refractivity contribution in [2.75, 3.05) is 24.6 Å². The fraction of sp³-hybridized carbons (Fsp3) is 0.900. The van der Waals surface area contributed by atoms with Crippen LogP contribution in [0.15, 0.2) is 0 Å². The summed E-state index contributed by atoms with van der Waals surface area (Å²) >= 11 is 1.94. The average molecular weight is 214 g/mol. The molecule has 1 amide bonds. The number of hydrogen-bond acceptors (Lipinski definition) is 3. The van der Waals surface area contributed by atoms with Crippen LogP contribution in [0, 0.1) is 5.92 Å². The zero-order valence-corrected chi connectivity index (χ0v) is 9.24. The lowest BCUT2D eigenvalue weighted by atomic mass is 10.0. The Morgan fingerprint density at radius 1 is 1.50 bits per heavy atom. The molecule has 14 heavy (non-hydrogen) atoms. The number of carbonyl (C=O) groups is 1. The lowest BCUT2D eigenvalue weighted by Gasteiger charge is -2.13. The van der Waals surface area contributed by atoms with E-state index in [1.165, 1.54) is 5.75 Å². The largest absolute Gasteiger partial charge is 0.353 e. The van der Waals surface area contributed by atoms with Crippen LogP contribution in [0.3, 0.4) is 0 Å². The topological polar surface area (TPSA) is 41.1 Å². The predicted molar refractivity (Wildman–Crippen MR) is 59.5 cm³/mol. The van der Waals surface area contributed by atoms with Gasteiger partial charge in [0.1, 0.15) is 0 Å². The van der Waals surface area contributed by atoms with Gasteiger partial charge in [-0.05, 0) is 37.6 Å². The molecule has 0 radical (unpaired) electrons. The molecule has 2 aliphatic heterocycles. The maximum atomic E-state index is 11.6. The first-order valence-electron chi connectivity index (χ1n) is 5.42. The van der Waals surface area contributed by atoms with Crippen LogP contribution in [0.2, 0.25) is 0 Å². The van der Waals surface area contributed by atoms with Gasteiger partial charge >= 0.3 is 0 Å². The molecule has 2 N–H and O–H groups in total. The number of amides is 1. The minimum atomic E-state index is 0.256. The molecule has 0 spiro atoms. The standard InChI is InChI=1S/C10H18N2OS/c13-10(5-8-1-3-11-6-8)12-9-2-4-14-7-9/h8-9,11H,1-7H2,(H,12,13). The molecule has 0 aromatic heterocycles. The smallest absolute Gasteiger partial charge is 0.220 e. The highest BCUT2D eigenvalue weighted by Gasteiger charge is 2.21. The summed E-state index contributed by atoms with van der Waals surface area (Å²) in [5.74, 6) is 3.14. The Morgan fingerprint density at radius 3 is 3.07 bits per heavy atom. The molecule has 0 saturated carbocycles. The summed E-state index contributed by atoms with van der Waals surface area (Å²) in [6.07, 6.45) is 3.03. The minimum Gasteiger partial charge on any atom is -0.353 e. The summed E-state index contributed by atoms with van der Waals surface area (Å²) in [7, 11) is 0. The number of nitrogens with one attached hydrogen (secondary N) is 2. The van der Waals surface area contributed by atoms with Gasteiger partial charge in [-0.2, -0.15) is 11.8 Å². The Morgan fingerprint density at radius 2 is 2.43 bits per heavy atom. The van der Waals surface area contributed by atoms with Crippen LogP contribution in [-0.2, 0) is 4.79 Å². The molecule has 0 aromatic rings. The van der Waals surface area contributed by atoms with E-state index in [1.54, 1.807) is 0 Å². The number of carbonyl (C=O) groups excluding carboxylic acids is 1. The number of rotatable bonds is 3. The van der Waals surface area contributed by atoms with Crippen LogP contribution >= 0.6 is 11.8 Å². The average Bonchev–Trinajstić information content (AvgIpc) is 2.76. The van der Waals surface area contributed by atoms with Crippen molar-refractivity contribution in [1.82, 2.24) is 10.6 Å². The maximum absolute atomic E-state index is 11.6. The van der Waals surface area contributed by atoms with Gasteiger partial charge in [-0.15, -0.1) is 0 Å². The second-order valence-electron chi connectivity index (χ2n) is 4.19. The lowest BCUT2D eigenvalue weighted by molar-refractivity contribution is -0.122. The molecule has 80 valence electrons. The molecule has 3 nitrogen and oxygen atoms in total. The third-order valence-electron chi connectivity index (χ3n) is 2.93. The fourth-order valence-electron chi connectivity index (χ4n) is 2.09. The highest BCUT2D eigenvalue weighted by molar-refractivity contribution is 7.99. The third kappa shape index (κ3) is 2.89. The van der Waals surface area contributed by atoms with E-state index in [-0.39, 0.29) is 5.91 Å². The Labute approximate surface area is 89.4 Å². The second-order valence-corrected chi connectivity index (χ2v) is 5.34. The van der Waals surface area contributed by atoms with Crippen molar-refractivity contribution in [1.29, 1.82) is 0 Å². The summed E-state index contributed by atoms with van der Waals surface area (Å²) in [6, 6.07) is 0.446. The van der Waals surface area contributed by atoms with Gasteiger partial charge in [0, 0.05) is 18.2 Å². The summed E-state index contributed by atoms with van der Waals surface area (Å²) in [5.41, 5.74) is 0. The van der Waals surface area contributed by atoms with Gasteiger partial charge in [-0.3, -0.25) is 4.79 Å². The fourth-order valence-corrected chi connectivity index (χ4v) is 3.24. The van der Waals surface area contributed by atoms with E-state index in [4.69, 9.17) is 0 Å². The zero-order valence-electron chi connectivity index (χ0n) is 8.42. The van der Waals surface area contributed by atoms with Gasteiger partial charge < -0.3 is 10.6 Å². The van der Waals surface area contributed by atoms with Gasteiger partial charge in [-0.1, -0.05) is 0 Å². The number of thioether (sulfide) groups is 1. The minimum absolute atomic E-state index is 0.256. The van der Waals surface area contributed by atoms with Crippen LogP contribution < -0.4 is 10.6 Å². The van der Waals surface area contributed by atoms with Crippen molar-refractivity contribution >= 4 is 17.7 Å². The zero-order chi connectivity index (χ0) is 9.80. The second kappa shape index (κ2) is 5.03. The monoisotopic (exact) mass is 214 g/mol. The summed E-state index contributed by atoms with van der Waals surface area (Å²) in [4.78, 5) is 11.6. The van der Waals surface area contributed by atoms with E-state index in [0.29, 0.717) is 18.4 Å². The van der Waals surface area contributed by atoms with Crippen LogP contribution in [0.5, 0.6) is 0 Å². The van der Waals surface area contributed by atoms with E-state index >= 15 is 0 Å². The predicted octanol–water partition coefficient (Wildman–Crippen LogP) is 0.608. The molecule has 2 saturated heterocycles. The summed E-state index contributed by atoms with van der Waals surface area (Å²) in [5, 5.41) is 6.41. The first kappa shape index (κ1) is 10.3. The highest BCUT2D eigenvalue weighted by atomic mass is 32.2. The molecular weight excluding hydrogens is 196 g/mol. The molecule has 2 atom stereocenters. The first-order valence-corrected chi connectivity index (χ1v) is 6.58. The van der Waals surface area contributed by atoms with E-state index in [0.717, 1.165) is 31.7 Å². The molecule has 2 heterocycles. The molecule has 0 bridgehead atoms. The molecule has 2 rings (SSSR count). The quantitative estimate of drug-likeness (QED) is 0.723. The van der Waals surface area contributed by atoms with Crippen LogP contribution in [0.1, 0.15) is 19.3 Å². The van der Waals surface area contributed by atoms with Crippen molar-refractivity contribution < 1.29 is 4.79 Å². The van der Waals surface area contributed by atoms with Gasteiger partial charge in [0.25, 0.3) is 0 Å². The Balaban J connectivity index is 1.66. The SMILES string of the molecule is O=C(CC1CCNC1)NC1CCSC1. The molecule has 2 aliphatic rings. The van der Waals surface area contributed by atoms with Crippen LogP contribution in [0.4, 0.5) is 0 Å². The van der Waals surface area contributed by atoms with E-state index < -0.39 is 0 Å². The van der Waals surface area contributed by atoms with Gasteiger partial charge in [0.15, 0.2) is 0 Å². The van der Waals surface area contributed by atoms with Crippen molar-refractivity contribution in [2.24, 2.45) is 5.92 Å². The molecule has 0 aliphatic carbocycles. The normalized spacial score (nSPS) is 32.0. The Kier molecular flexibility index (Phi) is 3.70. The molecular formula is C10H18N2OS. The van der Waals surface area contributed by atoms with Gasteiger partial charge in [0.05, 0.1) is 0 Å². The van der Waals surface area contributed by atoms with Crippen molar-refractivity contribution in [3.63, 3.8) is 0 Å². The lowest BCUT2D eigenvalue weighted by Crippen LogP contribution is -2.35. The van der Waals surface area contributed by atoms with Crippen molar-refractivity contribution in [3.05, 3.63) is 0 Å². The summed E-state index contributed by atoms with van der Waals surface area (Å²) < 4.78 is 0. The van der Waals surface area contributed by atoms with Gasteiger partial charge in [0.2, 0.25) is 5.91 Å². The Bertz CT molecular complexity index is 178. The van der Waals surface area contributed by atoms with Crippen molar-refractivity contribution in [3.8, 4) is 0 Å². The third-order valence-corrected chi connectivity index (χ3v) is 4.09. The molecule has 4 heteroatoms. The van der Waals surface area contributed by atoms with Crippen molar-refractivity contribution in [2.45, 2.75) is 25.3 Å². The van der Waals surface area contributed by atoms with Crippen LogP contribution in [0.25, 0.3) is 0 Å². The highest BCUT2D eigenvalue weighted by Crippen LogP contribution is 2.18. The molecule has 0 aromatic carbocycles. The van der Waals surface area contributed by atoms with Gasteiger partial charge in [-0.25, -0.2) is 0 Å². The molecule has 2 unspecified atom stereocenters. The maximum Gasteiger partial charge on any atom is 0.220 e. The van der Waals surface area contributed by atoms with E-state index in [1.807, 2.05) is 11.8 Å². The van der Waals surface area contributed by atoms with E-state index in [2.05, 4.69) is 10.6 Å². The summed E-state index contributed by atoms with van der Waals surface area (Å²) in [6.45, 7) is 2.10.